The summed E-state index contributed by atoms with van der Waals surface area (Å²) in [7, 11) is 0. The molecule has 0 atom stereocenters. The predicted octanol–water partition coefficient (Wildman–Crippen LogP) is 6.02. The van der Waals surface area contributed by atoms with Gasteiger partial charge in [-0.25, -0.2) is 4.99 Å². The number of rotatable bonds is 4. The predicted molar refractivity (Wildman–Crippen MR) is 115 cm³/mol. The smallest absolute Gasteiger partial charge is 0.280 e. The number of hydrogen-bond acceptors (Lipinski definition) is 6. The van der Waals surface area contributed by atoms with Gasteiger partial charge in [0.15, 0.2) is 17.4 Å². The third-order valence-corrected chi connectivity index (χ3v) is 6.63. The first-order chi connectivity index (χ1) is 14.7. The zero-order valence-corrected chi connectivity index (χ0v) is 16.8. The second-order valence-electron chi connectivity index (χ2n) is 6.65. The lowest BCUT2D eigenvalue weighted by molar-refractivity contribution is 0.101. The van der Waals surface area contributed by atoms with Gasteiger partial charge >= 0.3 is 0 Å². The lowest BCUT2D eigenvalue weighted by Gasteiger charge is -1.97. The molecule has 0 unspecified atom stereocenters. The van der Waals surface area contributed by atoms with Crippen molar-refractivity contribution in [1.82, 2.24) is 4.98 Å². The van der Waals surface area contributed by atoms with E-state index in [4.69, 9.17) is 8.83 Å². The molecule has 0 fully saturated rings. The summed E-state index contributed by atoms with van der Waals surface area (Å²) in [6.45, 7) is 0. The van der Waals surface area contributed by atoms with Crippen molar-refractivity contribution >= 4 is 34.3 Å². The molecule has 1 amide bonds. The number of furan rings is 2. The van der Waals surface area contributed by atoms with E-state index in [1.54, 1.807) is 34.8 Å². The van der Waals surface area contributed by atoms with Crippen molar-refractivity contribution in [1.29, 1.82) is 0 Å². The number of aliphatic imine (C=N–C) groups is 1. The topological polar surface area (TPSA) is 91.7 Å². The molecule has 5 aromatic rings. The van der Waals surface area contributed by atoms with Crippen LogP contribution in [0.15, 0.2) is 73.1 Å². The first-order valence-electron chi connectivity index (χ1n) is 9.05. The fourth-order valence-electron chi connectivity index (χ4n) is 3.55. The Hall–Kier alpha value is -3.62. The number of carbonyl (C=O) groups is 1. The number of thiophene rings is 2. The standard InChI is InChI=1S/C22H12N2O4S2/c25-21-17-18(20(24-21)14-8-6-12(28-14)16-4-2-10-30-16)22(26)23-19(17)13-7-5-11(27-13)15-3-1-9-29-15/h1-10,23,26H. The third-order valence-electron chi connectivity index (χ3n) is 4.86. The van der Waals surface area contributed by atoms with Gasteiger partial charge in [0.1, 0.15) is 17.2 Å². The minimum absolute atomic E-state index is 0.146. The molecule has 1 aliphatic heterocycles. The molecule has 0 saturated heterocycles. The van der Waals surface area contributed by atoms with Gasteiger partial charge in [-0.3, -0.25) is 4.79 Å². The van der Waals surface area contributed by atoms with Crippen molar-refractivity contribution in [3.05, 3.63) is 76.2 Å². The van der Waals surface area contributed by atoms with Gasteiger partial charge in [0, 0.05) is 0 Å². The van der Waals surface area contributed by atoms with Crippen molar-refractivity contribution in [3.63, 3.8) is 0 Å². The number of nitrogens with zero attached hydrogens (tertiary/aromatic N) is 1. The van der Waals surface area contributed by atoms with Crippen molar-refractivity contribution in [3.8, 4) is 38.6 Å². The Labute approximate surface area is 177 Å². The monoisotopic (exact) mass is 432 g/mol. The molecule has 8 heteroatoms. The number of amides is 1. The van der Waals surface area contributed by atoms with E-state index < -0.39 is 5.91 Å². The van der Waals surface area contributed by atoms with Crippen molar-refractivity contribution < 1.29 is 18.7 Å². The average molecular weight is 432 g/mol. The molecule has 2 N–H and O–H groups in total. The maximum absolute atomic E-state index is 12.7. The molecule has 0 bridgehead atoms. The Bertz CT molecular complexity index is 1420. The Morgan fingerprint density at radius 3 is 2.03 bits per heavy atom. The molecular weight excluding hydrogens is 420 g/mol. The summed E-state index contributed by atoms with van der Waals surface area (Å²) in [4.78, 5) is 21.7. The molecule has 5 aromatic heterocycles. The van der Waals surface area contributed by atoms with Gasteiger partial charge < -0.3 is 18.9 Å². The normalized spacial score (nSPS) is 13.1. The molecule has 0 aromatic carbocycles. The van der Waals surface area contributed by atoms with E-state index in [0.717, 1.165) is 9.75 Å². The van der Waals surface area contributed by atoms with Crippen LogP contribution in [-0.2, 0) is 0 Å². The zero-order valence-electron chi connectivity index (χ0n) is 15.2. The van der Waals surface area contributed by atoms with Crippen LogP contribution in [-0.4, -0.2) is 21.7 Å². The van der Waals surface area contributed by atoms with Crippen LogP contribution in [0.3, 0.4) is 0 Å². The number of fused-ring (bicyclic) bond motifs is 1. The Balaban J connectivity index is 1.42. The number of H-pyrrole nitrogens is 1. The number of aromatic amines is 1. The SMILES string of the molecule is O=C1N=C(c2ccc(-c3cccs3)o2)c2c(O)[nH]c(-c3ccc(-c4cccs4)o3)c21. The number of hydrogen-bond donors (Lipinski definition) is 2. The summed E-state index contributed by atoms with van der Waals surface area (Å²) in [5, 5.41) is 14.5. The summed E-state index contributed by atoms with van der Waals surface area (Å²) in [6.07, 6.45) is 0. The van der Waals surface area contributed by atoms with Crippen molar-refractivity contribution in [2.24, 2.45) is 4.99 Å². The number of carbonyl (C=O) groups excluding carboxylic acids is 1. The Morgan fingerprint density at radius 2 is 1.40 bits per heavy atom. The molecule has 0 radical (unpaired) electrons. The molecule has 0 saturated carbocycles. The molecule has 30 heavy (non-hydrogen) atoms. The quantitative estimate of drug-likeness (QED) is 0.363. The van der Waals surface area contributed by atoms with E-state index in [2.05, 4.69) is 9.98 Å². The molecule has 6 nitrogen and oxygen atoms in total. The molecule has 0 spiro atoms. The zero-order chi connectivity index (χ0) is 20.2. The summed E-state index contributed by atoms with van der Waals surface area (Å²) in [5.41, 5.74) is 1.32. The van der Waals surface area contributed by atoms with Gasteiger partial charge in [0.2, 0.25) is 0 Å². The maximum Gasteiger partial charge on any atom is 0.280 e. The van der Waals surface area contributed by atoms with Crippen molar-refractivity contribution in [2.75, 3.05) is 0 Å². The van der Waals surface area contributed by atoms with Gasteiger partial charge in [0.25, 0.3) is 5.91 Å². The summed E-state index contributed by atoms with van der Waals surface area (Å²) < 4.78 is 11.9. The summed E-state index contributed by atoms with van der Waals surface area (Å²) >= 11 is 3.12. The van der Waals surface area contributed by atoms with Gasteiger partial charge in [-0.15, -0.1) is 22.7 Å². The van der Waals surface area contributed by atoms with Crippen LogP contribution in [0.4, 0.5) is 0 Å². The van der Waals surface area contributed by atoms with Gasteiger partial charge in [0.05, 0.1) is 26.6 Å². The Kier molecular flexibility index (Phi) is 3.71. The fraction of sp³-hybridized carbons (Fsp3) is 0. The largest absolute Gasteiger partial charge is 0.494 e. The highest BCUT2D eigenvalue weighted by Crippen LogP contribution is 2.40. The number of nitrogens with one attached hydrogen (secondary N) is 1. The highest BCUT2D eigenvalue weighted by atomic mass is 32.1. The van der Waals surface area contributed by atoms with Crippen LogP contribution < -0.4 is 0 Å². The average Bonchev–Trinajstić information content (AvgIpc) is 3.54. The minimum Gasteiger partial charge on any atom is -0.494 e. The molecule has 6 rings (SSSR count). The van der Waals surface area contributed by atoms with Crippen LogP contribution in [0, 0.1) is 0 Å². The fourth-order valence-corrected chi connectivity index (χ4v) is 4.92. The summed E-state index contributed by atoms with van der Waals surface area (Å²) in [5.74, 6) is 1.66. The molecule has 146 valence electrons. The molecular formula is C22H12N2O4S2. The van der Waals surface area contributed by atoms with Gasteiger partial charge in [-0.05, 0) is 47.2 Å². The minimum atomic E-state index is -0.449. The van der Waals surface area contributed by atoms with Crippen LogP contribution in [0.2, 0.25) is 0 Å². The first kappa shape index (κ1) is 17.3. The van der Waals surface area contributed by atoms with E-state index in [1.165, 1.54) is 0 Å². The number of aromatic nitrogens is 1. The van der Waals surface area contributed by atoms with E-state index in [0.29, 0.717) is 40.0 Å². The van der Waals surface area contributed by atoms with Gasteiger partial charge in [-0.2, -0.15) is 0 Å². The van der Waals surface area contributed by atoms with E-state index >= 15 is 0 Å². The van der Waals surface area contributed by atoms with Crippen LogP contribution in [0.1, 0.15) is 21.7 Å². The molecule has 1 aliphatic rings. The van der Waals surface area contributed by atoms with Crippen LogP contribution in [0.5, 0.6) is 5.88 Å². The lowest BCUT2D eigenvalue weighted by atomic mass is 10.1. The van der Waals surface area contributed by atoms with Gasteiger partial charge in [-0.1, -0.05) is 12.1 Å². The lowest BCUT2D eigenvalue weighted by Crippen LogP contribution is -1.97. The van der Waals surface area contributed by atoms with E-state index in [-0.39, 0.29) is 11.4 Å². The highest BCUT2D eigenvalue weighted by Gasteiger charge is 2.35. The van der Waals surface area contributed by atoms with E-state index in [9.17, 15) is 9.90 Å². The van der Waals surface area contributed by atoms with Crippen LogP contribution in [0.25, 0.3) is 32.7 Å². The second-order valence-corrected chi connectivity index (χ2v) is 8.54. The van der Waals surface area contributed by atoms with Crippen LogP contribution >= 0.6 is 22.7 Å². The maximum atomic E-state index is 12.7. The van der Waals surface area contributed by atoms with E-state index in [1.807, 2.05) is 47.2 Å². The third kappa shape index (κ3) is 2.54. The highest BCUT2D eigenvalue weighted by molar-refractivity contribution is 7.13. The second kappa shape index (κ2) is 6.45. The number of aromatic hydroxyl groups is 1. The first-order valence-corrected chi connectivity index (χ1v) is 10.8. The Morgan fingerprint density at radius 1 is 0.800 bits per heavy atom. The molecule has 0 aliphatic carbocycles. The van der Waals surface area contributed by atoms with Crippen molar-refractivity contribution in [2.45, 2.75) is 0 Å². The molecule has 6 heterocycles. The summed E-state index contributed by atoms with van der Waals surface area (Å²) in [6, 6.07) is 15.0.